The summed E-state index contributed by atoms with van der Waals surface area (Å²) in [6, 6.07) is 2.89. The quantitative estimate of drug-likeness (QED) is 0.640. The summed E-state index contributed by atoms with van der Waals surface area (Å²) in [5, 5.41) is 18.7. The van der Waals surface area contributed by atoms with Crippen LogP contribution in [0.2, 0.25) is 0 Å². The number of hydrogen-bond donors (Lipinski definition) is 2. The van der Waals surface area contributed by atoms with Gasteiger partial charge in [0.05, 0.1) is 6.10 Å². The Bertz CT molecular complexity index is 333. The van der Waals surface area contributed by atoms with Crippen molar-refractivity contribution in [3.63, 3.8) is 0 Å². The number of rotatable bonds is 0. The van der Waals surface area contributed by atoms with E-state index in [0.717, 1.165) is 18.4 Å². The van der Waals surface area contributed by atoms with E-state index in [9.17, 15) is 10.2 Å². The van der Waals surface area contributed by atoms with Gasteiger partial charge in [0.1, 0.15) is 17.2 Å². The highest BCUT2D eigenvalue weighted by atomic mass is 16.5. The van der Waals surface area contributed by atoms with Crippen LogP contribution in [0.5, 0.6) is 17.2 Å². The third-order valence-electron chi connectivity index (χ3n) is 2.30. The summed E-state index contributed by atoms with van der Waals surface area (Å²) in [6.45, 7) is 1.98. The number of hydrogen-bond acceptors (Lipinski definition) is 3. The highest BCUT2D eigenvalue weighted by Gasteiger charge is 2.19. The van der Waals surface area contributed by atoms with Crippen molar-refractivity contribution in [1.82, 2.24) is 0 Å². The molecule has 1 unspecified atom stereocenters. The van der Waals surface area contributed by atoms with Crippen molar-refractivity contribution in [3.05, 3.63) is 17.7 Å². The molecule has 0 spiro atoms. The van der Waals surface area contributed by atoms with E-state index in [2.05, 4.69) is 0 Å². The number of benzene rings is 1. The van der Waals surface area contributed by atoms with Gasteiger partial charge in [-0.05, 0) is 19.8 Å². The zero-order valence-corrected chi connectivity index (χ0v) is 7.45. The maximum atomic E-state index is 9.48. The first kappa shape index (κ1) is 8.23. The van der Waals surface area contributed by atoms with Gasteiger partial charge in [0.25, 0.3) is 0 Å². The highest BCUT2D eigenvalue weighted by Crippen LogP contribution is 2.37. The Morgan fingerprint density at radius 3 is 2.92 bits per heavy atom. The molecule has 0 aliphatic carbocycles. The van der Waals surface area contributed by atoms with Gasteiger partial charge in [0.15, 0.2) is 0 Å². The monoisotopic (exact) mass is 180 g/mol. The van der Waals surface area contributed by atoms with Gasteiger partial charge in [-0.2, -0.15) is 0 Å². The van der Waals surface area contributed by atoms with E-state index in [0.29, 0.717) is 5.75 Å². The van der Waals surface area contributed by atoms with Crippen LogP contribution in [0.3, 0.4) is 0 Å². The Hall–Kier alpha value is -1.38. The highest BCUT2D eigenvalue weighted by molar-refractivity contribution is 5.50. The Morgan fingerprint density at radius 2 is 2.15 bits per heavy atom. The van der Waals surface area contributed by atoms with Gasteiger partial charge in [0, 0.05) is 17.7 Å². The lowest BCUT2D eigenvalue weighted by atomic mass is 10.0. The molecule has 1 aliphatic rings. The Kier molecular flexibility index (Phi) is 1.79. The third kappa shape index (κ3) is 1.41. The molecule has 0 saturated carbocycles. The first-order valence-corrected chi connectivity index (χ1v) is 4.38. The second-order valence-corrected chi connectivity index (χ2v) is 3.41. The molecule has 0 amide bonds. The van der Waals surface area contributed by atoms with Crippen molar-refractivity contribution in [2.24, 2.45) is 0 Å². The van der Waals surface area contributed by atoms with Crippen LogP contribution in [0.1, 0.15) is 18.9 Å². The summed E-state index contributed by atoms with van der Waals surface area (Å²) in [5.41, 5.74) is 0.802. The molecule has 0 aromatic heterocycles. The number of aromatic hydroxyl groups is 2. The van der Waals surface area contributed by atoms with Crippen LogP contribution in [0.4, 0.5) is 0 Å². The van der Waals surface area contributed by atoms with Gasteiger partial charge in [-0.25, -0.2) is 0 Å². The molecule has 0 saturated heterocycles. The maximum absolute atomic E-state index is 9.48. The molecule has 13 heavy (non-hydrogen) atoms. The third-order valence-corrected chi connectivity index (χ3v) is 2.30. The second kappa shape index (κ2) is 2.83. The molecule has 3 heteroatoms. The first-order chi connectivity index (χ1) is 6.16. The predicted octanol–water partition coefficient (Wildman–Crippen LogP) is 1.81. The molecule has 0 radical (unpaired) electrons. The summed E-state index contributed by atoms with van der Waals surface area (Å²) >= 11 is 0. The minimum absolute atomic E-state index is 0.0466. The predicted molar refractivity (Wildman–Crippen MR) is 48.2 cm³/mol. The second-order valence-electron chi connectivity index (χ2n) is 3.41. The summed E-state index contributed by atoms with van der Waals surface area (Å²) in [4.78, 5) is 0. The van der Waals surface area contributed by atoms with Crippen LogP contribution in [0, 0.1) is 0 Å². The normalized spacial score (nSPS) is 20.5. The molecule has 1 atom stereocenters. The van der Waals surface area contributed by atoms with Crippen molar-refractivity contribution in [3.8, 4) is 17.2 Å². The zero-order chi connectivity index (χ0) is 9.42. The fourth-order valence-electron chi connectivity index (χ4n) is 1.60. The lowest BCUT2D eigenvalue weighted by molar-refractivity contribution is 0.189. The van der Waals surface area contributed by atoms with E-state index >= 15 is 0 Å². The van der Waals surface area contributed by atoms with Crippen molar-refractivity contribution >= 4 is 0 Å². The fourth-order valence-corrected chi connectivity index (χ4v) is 1.60. The van der Waals surface area contributed by atoms with Gasteiger partial charge < -0.3 is 14.9 Å². The molecule has 2 rings (SSSR count). The average Bonchev–Trinajstić information content (AvgIpc) is 2.02. The molecule has 1 heterocycles. The van der Waals surface area contributed by atoms with Crippen LogP contribution in [-0.4, -0.2) is 16.3 Å². The fraction of sp³-hybridized carbons (Fsp3) is 0.400. The molecule has 70 valence electrons. The van der Waals surface area contributed by atoms with Crippen LogP contribution < -0.4 is 4.74 Å². The number of ether oxygens (including phenoxy) is 1. The molecule has 1 aromatic carbocycles. The van der Waals surface area contributed by atoms with Crippen LogP contribution >= 0.6 is 0 Å². The summed E-state index contributed by atoms with van der Waals surface area (Å²) in [6.07, 6.45) is 1.88. The van der Waals surface area contributed by atoms with E-state index in [1.807, 2.05) is 6.92 Å². The van der Waals surface area contributed by atoms with Gasteiger partial charge in [0.2, 0.25) is 0 Å². The Balaban J connectivity index is 2.47. The van der Waals surface area contributed by atoms with E-state index in [4.69, 9.17) is 4.74 Å². The molecule has 1 aromatic rings. The van der Waals surface area contributed by atoms with Gasteiger partial charge >= 0.3 is 0 Å². The first-order valence-electron chi connectivity index (χ1n) is 4.38. The van der Waals surface area contributed by atoms with Gasteiger partial charge in [-0.1, -0.05) is 0 Å². The lowest BCUT2D eigenvalue weighted by Crippen LogP contribution is -2.18. The Labute approximate surface area is 76.6 Å². The van der Waals surface area contributed by atoms with Crippen molar-refractivity contribution in [2.45, 2.75) is 25.9 Å². The van der Waals surface area contributed by atoms with Gasteiger partial charge in [-0.15, -0.1) is 0 Å². The van der Waals surface area contributed by atoms with Crippen LogP contribution in [0.15, 0.2) is 12.1 Å². The van der Waals surface area contributed by atoms with E-state index < -0.39 is 0 Å². The standard InChI is InChI=1S/C10H12O3/c1-6-2-3-8-9(12)4-7(11)5-10(8)13-6/h4-6,11-12H,2-3H2,1H3. The molecule has 3 nitrogen and oxygen atoms in total. The molecular weight excluding hydrogens is 168 g/mol. The summed E-state index contributed by atoms with van der Waals surface area (Å²) in [7, 11) is 0. The largest absolute Gasteiger partial charge is 0.508 e. The molecule has 0 bridgehead atoms. The number of phenolic OH excluding ortho intramolecular Hbond substituents is 2. The van der Waals surface area contributed by atoms with Gasteiger partial charge in [-0.3, -0.25) is 0 Å². The number of fused-ring (bicyclic) bond motifs is 1. The molecular formula is C10H12O3. The molecule has 2 N–H and O–H groups in total. The van der Waals surface area contributed by atoms with Crippen molar-refractivity contribution < 1.29 is 14.9 Å². The zero-order valence-electron chi connectivity index (χ0n) is 7.45. The van der Waals surface area contributed by atoms with E-state index in [-0.39, 0.29) is 17.6 Å². The molecule has 1 aliphatic heterocycles. The SMILES string of the molecule is CC1CCc2c(O)cc(O)cc2O1. The smallest absolute Gasteiger partial charge is 0.130 e. The minimum Gasteiger partial charge on any atom is -0.508 e. The lowest BCUT2D eigenvalue weighted by Gasteiger charge is -2.23. The average molecular weight is 180 g/mol. The minimum atomic E-state index is 0.0466. The van der Waals surface area contributed by atoms with E-state index in [1.165, 1.54) is 6.07 Å². The summed E-state index contributed by atoms with van der Waals surface area (Å²) in [5.74, 6) is 0.781. The van der Waals surface area contributed by atoms with Crippen molar-refractivity contribution in [2.75, 3.05) is 0 Å². The number of phenols is 2. The van der Waals surface area contributed by atoms with Crippen molar-refractivity contribution in [1.29, 1.82) is 0 Å². The van der Waals surface area contributed by atoms with E-state index in [1.54, 1.807) is 6.07 Å². The summed E-state index contributed by atoms with van der Waals surface area (Å²) < 4.78 is 5.47. The maximum Gasteiger partial charge on any atom is 0.130 e. The topological polar surface area (TPSA) is 49.7 Å². The Morgan fingerprint density at radius 1 is 1.38 bits per heavy atom. The van der Waals surface area contributed by atoms with Crippen LogP contribution in [0.25, 0.3) is 0 Å². The molecule has 0 fully saturated rings. The van der Waals surface area contributed by atoms with Crippen LogP contribution in [-0.2, 0) is 6.42 Å².